The summed E-state index contributed by atoms with van der Waals surface area (Å²) in [5.41, 5.74) is 1.01. The lowest BCUT2D eigenvalue weighted by Crippen LogP contribution is -2.22. The number of carbonyl (C=O) groups is 1. The van der Waals surface area contributed by atoms with Gasteiger partial charge in [-0.2, -0.15) is 0 Å². The van der Waals surface area contributed by atoms with Gasteiger partial charge in [0.1, 0.15) is 6.10 Å². The molecule has 3 heteroatoms. The molecule has 1 aromatic carbocycles. The number of ether oxygens (including phenoxy) is 1. The fourth-order valence-electron chi connectivity index (χ4n) is 1.18. The van der Waals surface area contributed by atoms with Gasteiger partial charge in [-0.3, -0.25) is 4.79 Å². The standard InChI is InChI=1S/C11H15NO2/c1-9(14-11(13)8-12-2)10-6-4-3-5-7-10/h3-7,9,12H,8H2,1-2H3. The van der Waals surface area contributed by atoms with Gasteiger partial charge in [0, 0.05) is 0 Å². The van der Waals surface area contributed by atoms with Crippen molar-refractivity contribution in [2.75, 3.05) is 13.6 Å². The molecule has 1 N–H and O–H groups in total. The minimum Gasteiger partial charge on any atom is -0.457 e. The third kappa shape index (κ3) is 3.18. The molecule has 0 saturated heterocycles. The lowest BCUT2D eigenvalue weighted by atomic mass is 10.1. The van der Waals surface area contributed by atoms with E-state index in [9.17, 15) is 4.79 Å². The molecule has 0 heterocycles. The summed E-state index contributed by atoms with van der Waals surface area (Å²) in [7, 11) is 1.72. The first-order valence-electron chi connectivity index (χ1n) is 4.63. The maximum Gasteiger partial charge on any atom is 0.320 e. The molecule has 3 nitrogen and oxygen atoms in total. The van der Waals surface area contributed by atoms with Gasteiger partial charge in [-0.25, -0.2) is 0 Å². The Labute approximate surface area is 84.1 Å². The lowest BCUT2D eigenvalue weighted by Gasteiger charge is -2.12. The van der Waals surface area contributed by atoms with Crippen molar-refractivity contribution in [2.24, 2.45) is 0 Å². The Morgan fingerprint density at radius 2 is 2.07 bits per heavy atom. The summed E-state index contributed by atoms with van der Waals surface area (Å²) in [6, 6.07) is 9.68. The number of likely N-dealkylation sites (N-methyl/N-ethyl adjacent to an activating group) is 1. The van der Waals surface area contributed by atoms with E-state index < -0.39 is 0 Å². The average molecular weight is 193 g/mol. The van der Waals surface area contributed by atoms with Crippen molar-refractivity contribution in [2.45, 2.75) is 13.0 Å². The Morgan fingerprint density at radius 1 is 1.43 bits per heavy atom. The van der Waals surface area contributed by atoms with Gasteiger partial charge in [-0.1, -0.05) is 30.3 Å². The molecule has 0 aromatic heterocycles. The van der Waals surface area contributed by atoms with E-state index in [1.165, 1.54) is 0 Å². The van der Waals surface area contributed by atoms with Crippen molar-refractivity contribution < 1.29 is 9.53 Å². The first-order valence-corrected chi connectivity index (χ1v) is 4.63. The van der Waals surface area contributed by atoms with Gasteiger partial charge in [-0.05, 0) is 19.5 Å². The van der Waals surface area contributed by atoms with Gasteiger partial charge in [0.2, 0.25) is 0 Å². The summed E-state index contributed by atoms with van der Waals surface area (Å²) in [6.07, 6.45) is -0.183. The van der Waals surface area contributed by atoms with Crippen LogP contribution in [0.3, 0.4) is 0 Å². The van der Waals surface area contributed by atoms with E-state index >= 15 is 0 Å². The minimum atomic E-state index is -0.233. The molecule has 1 unspecified atom stereocenters. The Balaban J connectivity index is 2.50. The summed E-state index contributed by atoms with van der Waals surface area (Å²) >= 11 is 0. The monoisotopic (exact) mass is 193 g/mol. The van der Waals surface area contributed by atoms with Crippen LogP contribution in [0.25, 0.3) is 0 Å². The van der Waals surface area contributed by atoms with E-state index in [4.69, 9.17) is 4.74 Å². The van der Waals surface area contributed by atoms with Crippen LogP contribution in [0.5, 0.6) is 0 Å². The van der Waals surface area contributed by atoms with Crippen molar-refractivity contribution in [3.05, 3.63) is 35.9 Å². The van der Waals surface area contributed by atoms with Crippen LogP contribution >= 0.6 is 0 Å². The third-order valence-electron chi connectivity index (χ3n) is 1.90. The zero-order chi connectivity index (χ0) is 10.4. The highest BCUT2D eigenvalue weighted by Crippen LogP contribution is 2.15. The number of rotatable bonds is 4. The van der Waals surface area contributed by atoms with Crippen LogP contribution < -0.4 is 5.32 Å². The van der Waals surface area contributed by atoms with E-state index in [1.54, 1.807) is 7.05 Å². The smallest absolute Gasteiger partial charge is 0.320 e. The fraction of sp³-hybridized carbons (Fsp3) is 0.364. The molecule has 0 radical (unpaired) electrons. The van der Waals surface area contributed by atoms with Crippen LogP contribution in [-0.2, 0) is 9.53 Å². The number of nitrogens with one attached hydrogen (secondary N) is 1. The molecule has 0 spiro atoms. The van der Waals surface area contributed by atoms with Gasteiger partial charge in [-0.15, -0.1) is 0 Å². The predicted octanol–water partition coefficient (Wildman–Crippen LogP) is 1.51. The van der Waals surface area contributed by atoms with Crippen molar-refractivity contribution in [1.29, 1.82) is 0 Å². The number of hydrogen-bond acceptors (Lipinski definition) is 3. The number of carbonyl (C=O) groups excluding carboxylic acids is 1. The first-order chi connectivity index (χ1) is 6.74. The molecular formula is C11H15NO2. The fourth-order valence-corrected chi connectivity index (χ4v) is 1.18. The molecule has 1 aromatic rings. The molecule has 0 aliphatic rings. The molecule has 0 fully saturated rings. The summed E-state index contributed by atoms with van der Waals surface area (Å²) in [4.78, 5) is 11.1. The summed E-state index contributed by atoms with van der Waals surface area (Å²) in [5.74, 6) is -0.233. The van der Waals surface area contributed by atoms with Crippen molar-refractivity contribution >= 4 is 5.97 Å². The van der Waals surface area contributed by atoms with Crippen LogP contribution in [0, 0.1) is 0 Å². The van der Waals surface area contributed by atoms with E-state index in [1.807, 2.05) is 37.3 Å². The largest absolute Gasteiger partial charge is 0.457 e. The molecule has 1 atom stereocenters. The summed E-state index contributed by atoms with van der Waals surface area (Å²) in [6.45, 7) is 2.11. The van der Waals surface area contributed by atoms with Gasteiger partial charge < -0.3 is 10.1 Å². The molecule has 0 amide bonds. The quantitative estimate of drug-likeness (QED) is 0.737. The van der Waals surface area contributed by atoms with Gasteiger partial charge in [0.05, 0.1) is 6.54 Å². The molecular weight excluding hydrogens is 178 g/mol. The van der Waals surface area contributed by atoms with Gasteiger partial charge >= 0.3 is 5.97 Å². The van der Waals surface area contributed by atoms with Crippen LogP contribution in [0.15, 0.2) is 30.3 Å². The van der Waals surface area contributed by atoms with E-state index in [2.05, 4.69) is 5.32 Å². The second-order valence-corrected chi connectivity index (χ2v) is 3.07. The highest BCUT2D eigenvalue weighted by Gasteiger charge is 2.09. The summed E-state index contributed by atoms with van der Waals surface area (Å²) < 4.78 is 5.18. The van der Waals surface area contributed by atoms with E-state index in [0.717, 1.165) is 5.56 Å². The van der Waals surface area contributed by atoms with Gasteiger partial charge in [0.25, 0.3) is 0 Å². The minimum absolute atomic E-state index is 0.183. The third-order valence-corrected chi connectivity index (χ3v) is 1.90. The van der Waals surface area contributed by atoms with Crippen molar-refractivity contribution in [3.8, 4) is 0 Å². The zero-order valence-electron chi connectivity index (χ0n) is 8.49. The second-order valence-electron chi connectivity index (χ2n) is 3.07. The van der Waals surface area contributed by atoms with E-state index in [0.29, 0.717) is 0 Å². The predicted molar refractivity (Wildman–Crippen MR) is 54.9 cm³/mol. The SMILES string of the molecule is CNCC(=O)OC(C)c1ccccc1. The summed E-state index contributed by atoms with van der Waals surface area (Å²) in [5, 5.41) is 2.75. The Morgan fingerprint density at radius 3 is 2.64 bits per heavy atom. The Hall–Kier alpha value is -1.35. The van der Waals surface area contributed by atoms with Crippen LogP contribution in [0.2, 0.25) is 0 Å². The molecule has 1 rings (SSSR count). The van der Waals surface area contributed by atoms with Crippen LogP contribution in [0.4, 0.5) is 0 Å². The second kappa shape index (κ2) is 5.40. The molecule has 0 aliphatic carbocycles. The van der Waals surface area contributed by atoms with Crippen molar-refractivity contribution in [3.63, 3.8) is 0 Å². The highest BCUT2D eigenvalue weighted by molar-refractivity contribution is 5.71. The number of esters is 1. The molecule has 0 aliphatic heterocycles. The Kier molecular flexibility index (Phi) is 4.13. The molecule has 76 valence electrons. The maximum absolute atomic E-state index is 11.1. The zero-order valence-corrected chi connectivity index (χ0v) is 8.49. The first kappa shape index (κ1) is 10.7. The maximum atomic E-state index is 11.1. The molecule has 0 saturated carbocycles. The molecule has 0 bridgehead atoms. The van der Waals surface area contributed by atoms with Crippen LogP contribution in [0.1, 0.15) is 18.6 Å². The average Bonchev–Trinajstić information content (AvgIpc) is 2.19. The number of hydrogen-bond donors (Lipinski definition) is 1. The highest BCUT2D eigenvalue weighted by atomic mass is 16.5. The Bertz CT molecular complexity index is 285. The number of benzene rings is 1. The van der Waals surface area contributed by atoms with E-state index in [-0.39, 0.29) is 18.6 Å². The van der Waals surface area contributed by atoms with Crippen LogP contribution in [-0.4, -0.2) is 19.6 Å². The lowest BCUT2D eigenvalue weighted by molar-refractivity contribution is -0.147. The van der Waals surface area contributed by atoms with Crippen molar-refractivity contribution in [1.82, 2.24) is 5.32 Å². The molecule has 14 heavy (non-hydrogen) atoms. The topological polar surface area (TPSA) is 38.3 Å². The van der Waals surface area contributed by atoms with Gasteiger partial charge in [0.15, 0.2) is 0 Å². The normalized spacial score (nSPS) is 12.1.